The second kappa shape index (κ2) is 4.72. The monoisotopic (exact) mass is 226 g/mol. The molecule has 0 amide bonds. The summed E-state index contributed by atoms with van der Waals surface area (Å²) in [6.45, 7) is 7.39. The van der Waals surface area contributed by atoms with Gasteiger partial charge in [0, 0.05) is 13.1 Å². The zero-order valence-corrected chi connectivity index (χ0v) is 10.4. The van der Waals surface area contributed by atoms with Gasteiger partial charge in [0.25, 0.3) is 0 Å². The number of esters is 1. The lowest BCUT2D eigenvalue weighted by atomic mass is 9.72. The summed E-state index contributed by atoms with van der Waals surface area (Å²) in [6, 6.07) is 0. The topological polar surface area (TPSA) is 32.8 Å². The van der Waals surface area contributed by atoms with Crippen molar-refractivity contribution in [1.82, 2.24) is 9.80 Å². The average Bonchev–Trinajstić information content (AvgIpc) is 2.19. The number of piperidine rings is 1. The molecule has 0 saturated carbocycles. The fourth-order valence-electron chi connectivity index (χ4n) is 2.81. The van der Waals surface area contributed by atoms with E-state index in [2.05, 4.69) is 16.8 Å². The number of rotatable bonds is 3. The van der Waals surface area contributed by atoms with E-state index in [1.165, 1.54) is 25.9 Å². The molecule has 0 bridgehead atoms. The van der Waals surface area contributed by atoms with Crippen LogP contribution < -0.4 is 0 Å². The highest BCUT2D eigenvalue weighted by atomic mass is 16.5. The highest BCUT2D eigenvalue weighted by Gasteiger charge is 2.44. The van der Waals surface area contributed by atoms with Crippen LogP contribution in [0.1, 0.15) is 19.8 Å². The van der Waals surface area contributed by atoms with E-state index in [-0.39, 0.29) is 5.97 Å². The largest absolute Gasteiger partial charge is 0.465 e. The number of likely N-dealkylation sites (tertiary alicyclic amines) is 2. The van der Waals surface area contributed by atoms with Crippen LogP contribution in [0.2, 0.25) is 0 Å². The highest BCUT2D eigenvalue weighted by molar-refractivity contribution is 5.71. The quantitative estimate of drug-likeness (QED) is 0.659. The second-order valence-electron chi connectivity index (χ2n) is 5.25. The molecule has 4 nitrogen and oxygen atoms in total. The van der Waals surface area contributed by atoms with E-state index >= 15 is 0 Å². The third-order valence-electron chi connectivity index (χ3n) is 3.82. The van der Waals surface area contributed by atoms with Crippen molar-refractivity contribution in [2.24, 2.45) is 5.41 Å². The van der Waals surface area contributed by atoms with Gasteiger partial charge in [-0.15, -0.1) is 0 Å². The third kappa shape index (κ3) is 2.55. The summed E-state index contributed by atoms with van der Waals surface area (Å²) >= 11 is 0. The Morgan fingerprint density at radius 2 is 1.94 bits per heavy atom. The lowest BCUT2D eigenvalue weighted by Crippen LogP contribution is -2.60. The summed E-state index contributed by atoms with van der Waals surface area (Å²) in [6.07, 6.45) is 2.56. The Balaban J connectivity index is 1.71. The number of hydrogen-bond donors (Lipinski definition) is 0. The van der Waals surface area contributed by atoms with Gasteiger partial charge in [0.1, 0.15) is 0 Å². The van der Waals surface area contributed by atoms with E-state index in [9.17, 15) is 4.79 Å². The molecule has 16 heavy (non-hydrogen) atoms. The molecule has 0 aromatic rings. The fourth-order valence-corrected chi connectivity index (χ4v) is 2.81. The summed E-state index contributed by atoms with van der Waals surface area (Å²) in [4.78, 5) is 15.9. The molecule has 0 aliphatic carbocycles. The number of ether oxygens (including phenoxy) is 1. The number of hydrogen-bond acceptors (Lipinski definition) is 4. The first-order valence-corrected chi connectivity index (χ1v) is 6.20. The van der Waals surface area contributed by atoms with E-state index in [0.717, 1.165) is 13.1 Å². The van der Waals surface area contributed by atoms with Crippen LogP contribution in [-0.4, -0.2) is 62.1 Å². The lowest BCUT2D eigenvalue weighted by Gasteiger charge is -2.53. The van der Waals surface area contributed by atoms with Gasteiger partial charge >= 0.3 is 5.97 Å². The van der Waals surface area contributed by atoms with Gasteiger partial charge in [-0.1, -0.05) is 0 Å². The second-order valence-corrected chi connectivity index (χ2v) is 5.25. The zero-order chi connectivity index (χ0) is 11.6. The van der Waals surface area contributed by atoms with Crippen molar-refractivity contribution >= 4 is 5.97 Å². The van der Waals surface area contributed by atoms with Gasteiger partial charge in [-0.3, -0.25) is 9.69 Å². The molecule has 0 aromatic heterocycles. The lowest BCUT2D eigenvalue weighted by molar-refractivity contribution is -0.149. The molecular formula is C12H22N2O2. The van der Waals surface area contributed by atoms with Crippen molar-refractivity contribution < 1.29 is 9.53 Å². The Morgan fingerprint density at radius 1 is 1.31 bits per heavy atom. The zero-order valence-electron chi connectivity index (χ0n) is 10.4. The minimum Gasteiger partial charge on any atom is -0.465 e. The third-order valence-corrected chi connectivity index (χ3v) is 3.82. The van der Waals surface area contributed by atoms with Crippen molar-refractivity contribution in [3.05, 3.63) is 0 Å². The first kappa shape index (κ1) is 11.9. The van der Waals surface area contributed by atoms with E-state index in [0.29, 0.717) is 18.6 Å². The van der Waals surface area contributed by atoms with Gasteiger partial charge in [-0.25, -0.2) is 0 Å². The van der Waals surface area contributed by atoms with E-state index in [1.807, 2.05) is 6.92 Å². The Kier molecular flexibility index (Phi) is 3.50. The Hall–Kier alpha value is -0.610. The maximum atomic E-state index is 11.3. The van der Waals surface area contributed by atoms with Crippen LogP contribution in [0.15, 0.2) is 0 Å². The molecule has 2 aliphatic heterocycles. The SMILES string of the molecule is CCOC(=O)CN1CC2(CCN(C)CC2)C1. The van der Waals surface area contributed by atoms with Crippen molar-refractivity contribution in [2.75, 3.05) is 46.4 Å². The Morgan fingerprint density at radius 3 is 2.50 bits per heavy atom. The number of nitrogens with zero attached hydrogens (tertiary/aromatic N) is 2. The van der Waals surface area contributed by atoms with Crippen LogP contribution in [-0.2, 0) is 9.53 Å². The van der Waals surface area contributed by atoms with Gasteiger partial charge in [-0.05, 0) is 45.3 Å². The van der Waals surface area contributed by atoms with Gasteiger partial charge in [0.15, 0.2) is 0 Å². The predicted octanol–water partition coefficient (Wildman–Crippen LogP) is 0.577. The molecule has 4 heteroatoms. The first-order chi connectivity index (χ1) is 7.63. The standard InChI is InChI=1S/C12H22N2O2/c1-3-16-11(15)8-14-9-12(10-14)4-6-13(2)7-5-12/h3-10H2,1-2H3. The molecule has 92 valence electrons. The number of carbonyl (C=O) groups is 1. The van der Waals surface area contributed by atoms with Crippen molar-refractivity contribution in [2.45, 2.75) is 19.8 Å². The van der Waals surface area contributed by atoms with Gasteiger partial charge in [0.2, 0.25) is 0 Å². The molecule has 1 spiro atoms. The van der Waals surface area contributed by atoms with Gasteiger partial charge in [0.05, 0.1) is 13.2 Å². The average molecular weight is 226 g/mol. The van der Waals surface area contributed by atoms with Crippen LogP contribution in [0.4, 0.5) is 0 Å². The molecule has 0 unspecified atom stereocenters. The Bertz CT molecular complexity index is 252. The molecular weight excluding hydrogens is 204 g/mol. The maximum Gasteiger partial charge on any atom is 0.320 e. The van der Waals surface area contributed by atoms with Crippen LogP contribution >= 0.6 is 0 Å². The van der Waals surface area contributed by atoms with Crippen LogP contribution in [0.3, 0.4) is 0 Å². The van der Waals surface area contributed by atoms with Crippen LogP contribution in [0.25, 0.3) is 0 Å². The molecule has 0 N–H and O–H groups in total. The van der Waals surface area contributed by atoms with Crippen LogP contribution in [0.5, 0.6) is 0 Å². The first-order valence-electron chi connectivity index (χ1n) is 6.20. The molecule has 2 aliphatic rings. The maximum absolute atomic E-state index is 11.3. The van der Waals surface area contributed by atoms with Crippen molar-refractivity contribution in [3.8, 4) is 0 Å². The molecule has 2 saturated heterocycles. The summed E-state index contributed by atoms with van der Waals surface area (Å²) in [5, 5.41) is 0. The molecule has 2 rings (SSSR count). The Labute approximate surface area is 97.5 Å². The highest BCUT2D eigenvalue weighted by Crippen LogP contribution is 2.39. The fraction of sp³-hybridized carbons (Fsp3) is 0.917. The van der Waals surface area contributed by atoms with E-state index in [4.69, 9.17) is 4.74 Å². The van der Waals surface area contributed by atoms with E-state index in [1.54, 1.807) is 0 Å². The molecule has 0 aromatic carbocycles. The minimum absolute atomic E-state index is 0.0784. The molecule has 2 heterocycles. The van der Waals surface area contributed by atoms with Crippen molar-refractivity contribution in [1.29, 1.82) is 0 Å². The van der Waals surface area contributed by atoms with Gasteiger partial charge in [-0.2, -0.15) is 0 Å². The summed E-state index contributed by atoms with van der Waals surface area (Å²) in [5.41, 5.74) is 0.513. The summed E-state index contributed by atoms with van der Waals surface area (Å²) in [5.74, 6) is -0.0784. The molecule has 0 radical (unpaired) electrons. The molecule has 2 fully saturated rings. The summed E-state index contributed by atoms with van der Waals surface area (Å²) in [7, 11) is 2.18. The van der Waals surface area contributed by atoms with Crippen LogP contribution in [0, 0.1) is 5.41 Å². The smallest absolute Gasteiger partial charge is 0.320 e. The van der Waals surface area contributed by atoms with Gasteiger partial charge < -0.3 is 9.64 Å². The van der Waals surface area contributed by atoms with E-state index < -0.39 is 0 Å². The van der Waals surface area contributed by atoms with Crippen molar-refractivity contribution in [3.63, 3.8) is 0 Å². The number of carbonyl (C=O) groups excluding carboxylic acids is 1. The molecule has 0 atom stereocenters. The normalized spacial score (nSPS) is 25.4. The minimum atomic E-state index is -0.0784. The summed E-state index contributed by atoms with van der Waals surface area (Å²) < 4.78 is 4.95. The predicted molar refractivity (Wildman–Crippen MR) is 62.2 cm³/mol.